The molecule has 1 aromatic heterocycles. The predicted molar refractivity (Wildman–Crippen MR) is 72.9 cm³/mol. The van der Waals surface area contributed by atoms with Crippen molar-refractivity contribution >= 4 is 0 Å². The van der Waals surface area contributed by atoms with Crippen molar-refractivity contribution in [1.29, 1.82) is 0 Å². The molecule has 2 rings (SSSR count). The minimum Gasteiger partial charge on any atom is -0.312 e. The molecule has 1 aromatic carbocycles. The smallest absolute Gasteiger partial charge is 0.312 e. The lowest BCUT2D eigenvalue weighted by molar-refractivity contribution is -0.137. The molecule has 7 heteroatoms. The van der Waals surface area contributed by atoms with E-state index in [0.29, 0.717) is 18.0 Å². The van der Waals surface area contributed by atoms with Crippen LogP contribution in [0.25, 0.3) is 5.69 Å². The van der Waals surface area contributed by atoms with Gasteiger partial charge in [0.25, 0.3) is 0 Å². The predicted octanol–water partition coefficient (Wildman–Crippen LogP) is 3.03. The van der Waals surface area contributed by atoms with Gasteiger partial charge in [-0.25, -0.2) is 9.67 Å². The van der Waals surface area contributed by atoms with Crippen LogP contribution in [0.4, 0.5) is 13.2 Å². The minimum absolute atomic E-state index is 0.0207. The van der Waals surface area contributed by atoms with Crippen molar-refractivity contribution in [3.8, 4) is 5.69 Å². The molecule has 0 radical (unpaired) electrons. The monoisotopic (exact) mass is 298 g/mol. The fourth-order valence-electron chi connectivity index (χ4n) is 1.96. The van der Waals surface area contributed by atoms with Crippen LogP contribution in [0.2, 0.25) is 0 Å². The van der Waals surface area contributed by atoms with Crippen LogP contribution in [-0.4, -0.2) is 21.3 Å². The van der Waals surface area contributed by atoms with Gasteiger partial charge in [-0.3, -0.25) is 0 Å². The van der Waals surface area contributed by atoms with Crippen LogP contribution < -0.4 is 5.32 Å². The van der Waals surface area contributed by atoms with E-state index in [4.69, 9.17) is 0 Å². The van der Waals surface area contributed by atoms with E-state index in [0.717, 1.165) is 17.3 Å². The maximum absolute atomic E-state index is 13.2. The molecular weight excluding hydrogens is 281 g/mol. The Morgan fingerprint density at radius 1 is 1.29 bits per heavy atom. The van der Waals surface area contributed by atoms with Gasteiger partial charge in [0.1, 0.15) is 12.7 Å². The highest BCUT2D eigenvalue weighted by Gasteiger charge is 2.34. The first-order valence-electron chi connectivity index (χ1n) is 6.63. The highest BCUT2D eigenvalue weighted by Crippen LogP contribution is 2.34. The van der Waals surface area contributed by atoms with E-state index in [1.165, 1.54) is 18.7 Å². The van der Waals surface area contributed by atoms with Crippen molar-refractivity contribution in [2.45, 2.75) is 26.6 Å². The van der Waals surface area contributed by atoms with E-state index < -0.39 is 11.7 Å². The van der Waals surface area contributed by atoms with E-state index in [1.807, 2.05) is 13.8 Å². The van der Waals surface area contributed by atoms with Gasteiger partial charge in [-0.15, -0.1) is 0 Å². The van der Waals surface area contributed by atoms with Gasteiger partial charge < -0.3 is 5.32 Å². The van der Waals surface area contributed by atoms with Crippen molar-refractivity contribution in [2.24, 2.45) is 5.92 Å². The first-order chi connectivity index (χ1) is 9.88. The topological polar surface area (TPSA) is 42.7 Å². The zero-order valence-corrected chi connectivity index (χ0v) is 11.9. The minimum atomic E-state index is -4.44. The third-order valence-electron chi connectivity index (χ3n) is 2.91. The molecule has 0 aliphatic heterocycles. The lowest BCUT2D eigenvalue weighted by Gasteiger charge is -2.15. The molecule has 2 aromatic rings. The Bertz CT molecular complexity index is 576. The molecule has 0 aliphatic rings. The maximum atomic E-state index is 13.2. The lowest BCUT2D eigenvalue weighted by atomic mass is 10.1. The summed E-state index contributed by atoms with van der Waals surface area (Å²) in [5.74, 6) is 0.446. The van der Waals surface area contributed by atoms with Gasteiger partial charge in [0.05, 0.1) is 11.3 Å². The van der Waals surface area contributed by atoms with Crippen LogP contribution in [0.15, 0.2) is 30.9 Å². The van der Waals surface area contributed by atoms with Crippen LogP contribution in [0, 0.1) is 5.92 Å². The molecule has 1 N–H and O–H groups in total. The van der Waals surface area contributed by atoms with Crippen LogP contribution in [0.1, 0.15) is 25.0 Å². The summed E-state index contributed by atoms with van der Waals surface area (Å²) in [6, 6.07) is 4.24. The summed E-state index contributed by atoms with van der Waals surface area (Å²) in [5.41, 5.74) is -0.142. The number of benzene rings is 1. The molecule has 1 heterocycles. The highest BCUT2D eigenvalue weighted by molar-refractivity contribution is 5.44. The van der Waals surface area contributed by atoms with Crippen LogP contribution >= 0.6 is 0 Å². The number of hydrogen-bond acceptors (Lipinski definition) is 3. The fraction of sp³-hybridized carbons (Fsp3) is 0.429. The van der Waals surface area contributed by atoms with E-state index in [9.17, 15) is 13.2 Å². The molecule has 0 amide bonds. The third kappa shape index (κ3) is 4.04. The number of aromatic nitrogens is 3. The Kier molecular flexibility index (Phi) is 4.62. The van der Waals surface area contributed by atoms with Gasteiger partial charge in [-0.2, -0.15) is 18.3 Å². The Morgan fingerprint density at radius 3 is 2.62 bits per heavy atom. The summed E-state index contributed by atoms with van der Waals surface area (Å²) >= 11 is 0. The molecule has 0 saturated carbocycles. The summed E-state index contributed by atoms with van der Waals surface area (Å²) < 4.78 is 40.7. The third-order valence-corrected chi connectivity index (χ3v) is 2.91. The average Bonchev–Trinajstić information content (AvgIpc) is 2.91. The summed E-state index contributed by atoms with van der Waals surface area (Å²) in [6.45, 7) is 5.25. The number of nitrogens with one attached hydrogen (secondary N) is 1. The molecule has 0 fully saturated rings. The molecule has 0 spiro atoms. The van der Waals surface area contributed by atoms with Gasteiger partial charge in [0.2, 0.25) is 0 Å². The molecule has 4 nitrogen and oxygen atoms in total. The normalized spacial score (nSPS) is 12.1. The second kappa shape index (κ2) is 6.26. The molecule has 0 aliphatic carbocycles. The quantitative estimate of drug-likeness (QED) is 0.922. The fourth-order valence-corrected chi connectivity index (χ4v) is 1.96. The number of nitrogens with zero attached hydrogens (tertiary/aromatic N) is 3. The Hall–Kier alpha value is -1.89. The van der Waals surface area contributed by atoms with Crippen LogP contribution in [0.3, 0.4) is 0 Å². The summed E-state index contributed by atoms with van der Waals surface area (Å²) in [6.07, 6.45) is -1.98. The molecule has 0 unspecified atom stereocenters. The van der Waals surface area contributed by atoms with Gasteiger partial charge in [0, 0.05) is 6.54 Å². The van der Waals surface area contributed by atoms with E-state index >= 15 is 0 Å². The number of rotatable bonds is 5. The first-order valence-corrected chi connectivity index (χ1v) is 6.63. The Balaban J connectivity index is 2.28. The largest absolute Gasteiger partial charge is 0.418 e. The average molecular weight is 298 g/mol. The van der Waals surface area contributed by atoms with Crippen LogP contribution in [-0.2, 0) is 12.7 Å². The van der Waals surface area contributed by atoms with Gasteiger partial charge in [-0.1, -0.05) is 19.9 Å². The number of halogens is 3. The van der Waals surface area contributed by atoms with Gasteiger partial charge in [-0.05, 0) is 30.2 Å². The maximum Gasteiger partial charge on any atom is 0.418 e. The zero-order chi connectivity index (χ0) is 15.5. The molecular formula is C14H17F3N4. The van der Waals surface area contributed by atoms with E-state index in [-0.39, 0.29) is 5.69 Å². The van der Waals surface area contributed by atoms with Crippen molar-refractivity contribution < 1.29 is 13.2 Å². The van der Waals surface area contributed by atoms with Crippen molar-refractivity contribution in [3.05, 3.63) is 42.0 Å². The molecule has 0 bridgehead atoms. The molecule has 21 heavy (non-hydrogen) atoms. The summed E-state index contributed by atoms with van der Waals surface area (Å²) in [7, 11) is 0. The SMILES string of the molecule is CC(C)CNCc1ccc(-n2cncn2)c(C(F)(F)F)c1. The standard InChI is InChI=1S/C14H17F3N4/c1-10(2)6-18-7-11-3-4-13(21-9-19-8-20-21)12(5-11)14(15,16)17/h3-5,8-10,18H,6-7H2,1-2H3. The van der Waals surface area contributed by atoms with Crippen molar-refractivity contribution in [2.75, 3.05) is 6.54 Å². The molecule has 0 saturated heterocycles. The van der Waals surface area contributed by atoms with E-state index in [1.54, 1.807) is 6.07 Å². The molecule has 0 atom stereocenters. The zero-order valence-electron chi connectivity index (χ0n) is 11.9. The highest BCUT2D eigenvalue weighted by atomic mass is 19.4. The van der Waals surface area contributed by atoms with Crippen molar-refractivity contribution in [3.63, 3.8) is 0 Å². The van der Waals surface area contributed by atoms with Crippen LogP contribution in [0.5, 0.6) is 0 Å². The van der Waals surface area contributed by atoms with Gasteiger partial charge >= 0.3 is 6.18 Å². The molecule has 114 valence electrons. The lowest BCUT2D eigenvalue weighted by Crippen LogP contribution is -2.20. The van der Waals surface area contributed by atoms with Crippen molar-refractivity contribution in [1.82, 2.24) is 20.1 Å². The second-order valence-corrected chi connectivity index (χ2v) is 5.21. The summed E-state index contributed by atoms with van der Waals surface area (Å²) in [5, 5.41) is 6.90. The second-order valence-electron chi connectivity index (χ2n) is 5.21. The first kappa shape index (κ1) is 15.5. The van der Waals surface area contributed by atoms with E-state index in [2.05, 4.69) is 15.4 Å². The summed E-state index contributed by atoms with van der Waals surface area (Å²) in [4.78, 5) is 3.69. The van der Waals surface area contributed by atoms with Gasteiger partial charge in [0.15, 0.2) is 0 Å². The number of alkyl halides is 3. The Morgan fingerprint density at radius 2 is 2.05 bits per heavy atom. The Labute approximate surface area is 121 Å². The number of hydrogen-bond donors (Lipinski definition) is 1.